The molecular weight excluding hydrogens is 406 g/mol. The number of phosphoric ester groups is 2. The van der Waals surface area contributed by atoms with Gasteiger partial charge in [-0.15, -0.1) is 0 Å². The summed E-state index contributed by atoms with van der Waals surface area (Å²) in [7, 11) is -9.59. The molecule has 0 radical (unpaired) electrons. The van der Waals surface area contributed by atoms with Crippen molar-refractivity contribution in [3.8, 4) is 23.0 Å². The van der Waals surface area contributed by atoms with Gasteiger partial charge in [0.15, 0.2) is 0 Å². The molecule has 0 aromatic heterocycles. The van der Waals surface area contributed by atoms with Gasteiger partial charge in [0.25, 0.3) is 0 Å². The van der Waals surface area contributed by atoms with Crippen molar-refractivity contribution < 1.29 is 37.0 Å². The van der Waals surface area contributed by atoms with Crippen molar-refractivity contribution in [1.29, 1.82) is 0 Å². The second kappa shape index (κ2) is 8.50. The van der Waals surface area contributed by atoms with Gasteiger partial charge in [-0.3, -0.25) is 4.89 Å². The van der Waals surface area contributed by atoms with Crippen LogP contribution in [-0.4, -0.2) is 10.00 Å². The van der Waals surface area contributed by atoms with Crippen LogP contribution in [0.2, 0.25) is 0 Å². The zero-order valence-electron chi connectivity index (χ0n) is 14.3. The van der Waals surface area contributed by atoms with Crippen molar-refractivity contribution >= 4 is 15.6 Å². The van der Waals surface area contributed by atoms with Crippen molar-refractivity contribution in [2.75, 3.05) is 0 Å². The van der Waals surface area contributed by atoms with Crippen LogP contribution in [0.5, 0.6) is 23.0 Å². The highest BCUT2D eigenvalue weighted by Crippen LogP contribution is 2.62. The highest BCUT2D eigenvalue weighted by atomic mass is 31.3. The van der Waals surface area contributed by atoms with Crippen molar-refractivity contribution in [1.82, 2.24) is 0 Å². The second-order valence-electron chi connectivity index (χ2n) is 5.39. The minimum Gasteiger partial charge on any atom is -0.508 e. The van der Waals surface area contributed by atoms with Gasteiger partial charge in [0.2, 0.25) is 0 Å². The minimum atomic E-state index is -4.95. The Morgan fingerprint density at radius 1 is 0.643 bits per heavy atom. The predicted octanol–water partition coefficient (Wildman–Crippen LogP) is 5.15. The summed E-state index contributed by atoms with van der Waals surface area (Å²) in [5.41, 5.74) is 0. The van der Waals surface area contributed by atoms with Gasteiger partial charge in [-0.2, -0.15) is 4.31 Å². The zero-order chi connectivity index (χ0) is 20.0. The molecule has 28 heavy (non-hydrogen) atoms. The van der Waals surface area contributed by atoms with Gasteiger partial charge in [-0.05, 0) is 36.4 Å². The molecule has 0 saturated heterocycles. The van der Waals surface area contributed by atoms with Gasteiger partial charge in [0, 0.05) is 6.07 Å². The van der Waals surface area contributed by atoms with E-state index in [-0.39, 0.29) is 23.0 Å². The molecule has 8 nitrogen and oxygen atoms in total. The molecule has 0 aliphatic rings. The Labute approximate surface area is 161 Å². The maximum Gasteiger partial charge on any atom is 0.597 e. The molecule has 10 heteroatoms. The topological polar surface area (TPSA) is 112 Å². The van der Waals surface area contributed by atoms with Crippen LogP contribution in [0.4, 0.5) is 0 Å². The fourth-order valence-corrected chi connectivity index (χ4v) is 4.68. The molecule has 0 bridgehead atoms. The highest BCUT2D eigenvalue weighted by Gasteiger charge is 2.42. The maximum absolute atomic E-state index is 13.1. The van der Waals surface area contributed by atoms with Crippen LogP contribution in [0.15, 0.2) is 84.9 Å². The molecule has 2 N–H and O–H groups in total. The summed E-state index contributed by atoms with van der Waals surface area (Å²) >= 11 is 0. The number of aromatic hydroxyl groups is 1. The number of para-hydroxylation sites is 2. The summed E-state index contributed by atoms with van der Waals surface area (Å²) in [5.74, 6) is -0.170. The van der Waals surface area contributed by atoms with E-state index in [9.17, 15) is 19.1 Å². The lowest BCUT2D eigenvalue weighted by Gasteiger charge is -2.21. The zero-order valence-corrected chi connectivity index (χ0v) is 16.1. The molecule has 3 aromatic carbocycles. The van der Waals surface area contributed by atoms with Crippen molar-refractivity contribution in [3.63, 3.8) is 0 Å². The Bertz CT molecular complexity index is 965. The van der Waals surface area contributed by atoms with Gasteiger partial charge >= 0.3 is 15.6 Å². The number of phenols is 1. The van der Waals surface area contributed by atoms with Crippen LogP contribution in [0.25, 0.3) is 0 Å². The van der Waals surface area contributed by atoms with Crippen LogP contribution in [0.1, 0.15) is 0 Å². The average molecular weight is 422 g/mol. The number of rotatable bonds is 8. The number of phosphoric acid groups is 2. The van der Waals surface area contributed by atoms with Crippen LogP contribution in [-0.2, 0) is 13.4 Å². The molecule has 3 aromatic rings. The molecule has 3 rings (SSSR count). The summed E-state index contributed by atoms with van der Waals surface area (Å²) in [5, 5.41) is 9.44. The summed E-state index contributed by atoms with van der Waals surface area (Å²) < 4.78 is 45.6. The molecule has 0 spiro atoms. The summed E-state index contributed by atoms with van der Waals surface area (Å²) in [6.07, 6.45) is 0. The highest BCUT2D eigenvalue weighted by molar-refractivity contribution is 7.62. The third-order valence-electron chi connectivity index (χ3n) is 3.16. The summed E-state index contributed by atoms with van der Waals surface area (Å²) in [6, 6.07) is 20.9. The fourth-order valence-electron chi connectivity index (χ4n) is 2.09. The van der Waals surface area contributed by atoms with Gasteiger partial charge < -0.3 is 18.7 Å². The predicted molar refractivity (Wildman–Crippen MR) is 101 cm³/mol. The molecule has 0 amide bonds. The van der Waals surface area contributed by atoms with E-state index >= 15 is 0 Å². The first-order chi connectivity index (χ1) is 13.3. The number of hydrogen-bond donors (Lipinski definition) is 2. The first-order valence-corrected chi connectivity index (χ1v) is 10.9. The van der Waals surface area contributed by atoms with Gasteiger partial charge in [0.1, 0.15) is 23.0 Å². The number of phenolic OH excluding ortho intramolecular Hbond substituents is 1. The van der Waals surface area contributed by atoms with Crippen LogP contribution in [0, 0.1) is 0 Å². The van der Waals surface area contributed by atoms with Gasteiger partial charge in [-0.25, -0.2) is 9.13 Å². The second-order valence-corrected chi connectivity index (χ2v) is 8.43. The smallest absolute Gasteiger partial charge is 0.508 e. The third kappa shape index (κ3) is 5.87. The molecule has 0 aliphatic heterocycles. The quantitative estimate of drug-likeness (QED) is 0.479. The molecule has 0 aliphatic carbocycles. The standard InChI is InChI=1S/C18H16O8P2/c19-15-8-7-13-18(14-15)23-27(20,21)26-28(22,24-16-9-3-1-4-10-16)25-17-11-5-2-6-12-17/h1-14,19H,(H,20,21). The molecular formula is C18H16O8P2. The minimum absolute atomic E-state index is 0.0964. The molecule has 0 fully saturated rings. The van der Waals surface area contributed by atoms with Crippen LogP contribution < -0.4 is 13.6 Å². The van der Waals surface area contributed by atoms with Crippen molar-refractivity contribution in [2.45, 2.75) is 0 Å². The first-order valence-electron chi connectivity index (χ1n) is 7.96. The van der Waals surface area contributed by atoms with Crippen LogP contribution in [0.3, 0.4) is 0 Å². The lowest BCUT2D eigenvalue weighted by Crippen LogP contribution is -2.06. The van der Waals surface area contributed by atoms with Crippen molar-refractivity contribution in [3.05, 3.63) is 84.9 Å². The first kappa shape index (κ1) is 20.0. The Morgan fingerprint density at radius 3 is 1.64 bits per heavy atom. The van der Waals surface area contributed by atoms with E-state index in [1.165, 1.54) is 42.5 Å². The van der Waals surface area contributed by atoms with E-state index in [1.807, 2.05) is 0 Å². The van der Waals surface area contributed by atoms with E-state index in [2.05, 4.69) is 0 Å². The molecule has 1 atom stereocenters. The van der Waals surface area contributed by atoms with E-state index in [1.54, 1.807) is 36.4 Å². The largest absolute Gasteiger partial charge is 0.597 e. The van der Waals surface area contributed by atoms with Gasteiger partial charge in [0.05, 0.1) is 0 Å². The van der Waals surface area contributed by atoms with E-state index in [0.717, 1.165) is 6.07 Å². The fraction of sp³-hybridized carbons (Fsp3) is 0. The summed E-state index contributed by atoms with van der Waals surface area (Å²) in [6.45, 7) is 0. The Kier molecular flexibility index (Phi) is 6.07. The van der Waals surface area contributed by atoms with Crippen molar-refractivity contribution in [2.24, 2.45) is 0 Å². The molecule has 1 unspecified atom stereocenters. The number of hydrogen-bond acceptors (Lipinski definition) is 7. The van der Waals surface area contributed by atoms with Gasteiger partial charge in [-0.1, -0.05) is 42.5 Å². The summed E-state index contributed by atoms with van der Waals surface area (Å²) in [4.78, 5) is 10.0. The normalized spacial score (nSPS) is 13.3. The lowest BCUT2D eigenvalue weighted by atomic mass is 10.3. The molecule has 0 heterocycles. The Hall–Kier alpha value is -2.76. The molecule has 146 valence electrons. The van der Waals surface area contributed by atoms with E-state index in [4.69, 9.17) is 17.9 Å². The number of benzene rings is 3. The van der Waals surface area contributed by atoms with E-state index in [0.29, 0.717) is 0 Å². The third-order valence-corrected chi connectivity index (χ3v) is 6.10. The SMILES string of the molecule is O=P(O)(Oc1cccc(O)c1)OP(=O)(Oc1ccccc1)Oc1ccccc1. The van der Waals surface area contributed by atoms with Crippen LogP contribution >= 0.6 is 15.6 Å². The molecule has 0 saturated carbocycles. The Morgan fingerprint density at radius 2 is 1.14 bits per heavy atom. The Balaban J connectivity index is 1.85. The monoisotopic (exact) mass is 422 g/mol. The average Bonchev–Trinajstić information content (AvgIpc) is 2.62. The lowest BCUT2D eigenvalue weighted by molar-refractivity contribution is 0.238. The maximum atomic E-state index is 13.1. The van der Waals surface area contributed by atoms with E-state index < -0.39 is 15.6 Å².